The van der Waals surface area contributed by atoms with Gasteiger partial charge in [0.2, 0.25) is 0 Å². The van der Waals surface area contributed by atoms with Gasteiger partial charge in [0.1, 0.15) is 25.8 Å². The highest BCUT2D eigenvalue weighted by atomic mass is 31.2. The van der Waals surface area contributed by atoms with Crippen molar-refractivity contribution in [2.45, 2.75) is 173 Å². The molecule has 13 nitrogen and oxygen atoms in total. The molecule has 314 valence electrons. The number of hydrogen-bond acceptors (Lipinski definition) is 11. The number of unbranched alkanes of at least 4 members (excludes halogenated alkanes) is 18. The number of rotatable bonds is 39. The zero-order valence-corrected chi connectivity index (χ0v) is 34.9. The van der Waals surface area contributed by atoms with E-state index in [9.17, 15) is 23.8 Å². The molecule has 0 radical (unpaired) electrons. The number of carboxylic acids is 1. The van der Waals surface area contributed by atoms with Gasteiger partial charge in [-0.2, -0.15) is 0 Å². The van der Waals surface area contributed by atoms with E-state index in [0.717, 1.165) is 77.3 Å². The number of hydrogen-bond donors (Lipinski definition) is 3. The predicted octanol–water partition coefficient (Wildman–Crippen LogP) is 7.03. The van der Waals surface area contributed by atoms with E-state index in [1.807, 2.05) is 21.1 Å². The van der Waals surface area contributed by atoms with Gasteiger partial charge in [-0.25, -0.2) is 0 Å². The Morgan fingerprint density at radius 1 is 0.698 bits per heavy atom. The number of nitrogens with two attached hydrogens (primary N) is 1. The Hall–Kier alpha value is -1.60. The Morgan fingerprint density at radius 2 is 1.17 bits per heavy atom. The molecule has 0 rings (SSSR count). The number of aliphatic carboxylic acids is 1. The van der Waals surface area contributed by atoms with Crippen molar-refractivity contribution in [3.05, 3.63) is 0 Å². The molecule has 0 fully saturated rings. The van der Waals surface area contributed by atoms with Gasteiger partial charge in [-0.15, -0.1) is 0 Å². The summed E-state index contributed by atoms with van der Waals surface area (Å²) in [7, 11) is 1.09. The van der Waals surface area contributed by atoms with Gasteiger partial charge in [0.15, 0.2) is 6.10 Å². The number of carbonyl (C=O) groups excluding carboxylic acids is 2. The van der Waals surface area contributed by atoms with Gasteiger partial charge in [0, 0.05) is 12.8 Å². The number of phosphoric ester groups is 1. The van der Waals surface area contributed by atoms with Crippen molar-refractivity contribution in [1.29, 1.82) is 0 Å². The summed E-state index contributed by atoms with van der Waals surface area (Å²) in [5, 5.41) is 12.2. The second-order valence-corrected chi connectivity index (χ2v) is 16.9. The van der Waals surface area contributed by atoms with Crippen LogP contribution in [0.4, 0.5) is 0 Å². The van der Waals surface area contributed by atoms with Crippen molar-refractivity contribution in [2.24, 2.45) is 5.73 Å². The summed E-state index contributed by atoms with van der Waals surface area (Å²) in [5.74, 6) is -1.86. The van der Waals surface area contributed by atoms with Crippen LogP contribution in [0.5, 0.6) is 0 Å². The summed E-state index contributed by atoms with van der Waals surface area (Å²) in [6.07, 6.45) is 22.9. The van der Waals surface area contributed by atoms with Crippen LogP contribution in [0.2, 0.25) is 0 Å². The normalized spacial score (nSPS) is 14.1. The summed E-state index contributed by atoms with van der Waals surface area (Å²) in [5.41, 5.74) is 5.51. The molecule has 4 N–H and O–H groups in total. The molecule has 2 unspecified atom stereocenters. The SMILES string of the molecule is CCCCCCCCCCCCCCCC(=O)OC[C@H](COP(=O)([O-])OCC[N+](C)(C)C)OC(=O)CCCCCCCCNCCCCC(N)C(=O)O. The van der Waals surface area contributed by atoms with Crippen LogP contribution in [0.1, 0.15) is 161 Å². The van der Waals surface area contributed by atoms with Crippen LogP contribution >= 0.6 is 7.82 Å². The first kappa shape index (κ1) is 51.4. The molecule has 3 atom stereocenters. The minimum absolute atomic E-state index is 0.0505. The fourth-order valence-electron chi connectivity index (χ4n) is 5.63. The average Bonchev–Trinajstić information content (AvgIpc) is 3.09. The lowest BCUT2D eigenvalue weighted by Crippen LogP contribution is -2.37. The van der Waals surface area contributed by atoms with E-state index in [2.05, 4.69) is 12.2 Å². The molecule has 14 heteroatoms. The third kappa shape index (κ3) is 37.1. The molecule has 0 amide bonds. The highest BCUT2D eigenvalue weighted by Gasteiger charge is 2.21. The molecule has 0 saturated carbocycles. The van der Waals surface area contributed by atoms with E-state index >= 15 is 0 Å². The van der Waals surface area contributed by atoms with E-state index in [1.54, 1.807) is 0 Å². The van der Waals surface area contributed by atoms with Gasteiger partial charge in [0.25, 0.3) is 7.82 Å². The lowest BCUT2D eigenvalue weighted by Gasteiger charge is -2.28. The van der Waals surface area contributed by atoms with Gasteiger partial charge < -0.3 is 44.1 Å². The first-order valence-electron chi connectivity index (χ1n) is 20.7. The van der Waals surface area contributed by atoms with Gasteiger partial charge >= 0.3 is 17.9 Å². The van der Waals surface area contributed by atoms with Crippen molar-refractivity contribution < 1.29 is 52.0 Å². The maximum absolute atomic E-state index is 12.6. The smallest absolute Gasteiger partial charge is 0.320 e. The highest BCUT2D eigenvalue weighted by Crippen LogP contribution is 2.38. The first-order chi connectivity index (χ1) is 25.3. The Bertz CT molecular complexity index is 966. The molecule has 0 aliphatic carbocycles. The van der Waals surface area contributed by atoms with E-state index < -0.39 is 44.5 Å². The van der Waals surface area contributed by atoms with E-state index in [-0.39, 0.29) is 26.1 Å². The summed E-state index contributed by atoms with van der Waals surface area (Å²) in [6, 6.07) is -0.785. The zero-order valence-electron chi connectivity index (χ0n) is 34.0. The third-order valence-corrected chi connectivity index (χ3v) is 10.0. The second-order valence-electron chi connectivity index (χ2n) is 15.4. The number of nitrogens with one attached hydrogen (secondary N) is 1. The quantitative estimate of drug-likeness (QED) is 0.0251. The van der Waals surface area contributed by atoms with Crippen LogP contribution < -0.4 is 15.9 Å². The maximum Gasteiger partial charge on any atom is 0.320 e. The predicted molar refractivity (Wildman–Crippen MR) is 208 cm³/mol. The summed E-state index contributed by atoms with van der Waals surface area (Å²) in [4.78, 5) is 48.1. The van der Waals surface area contributed by atoms with Crippen molar-refractivity contribution in [3.8, 4) is 0 Å². The van der Waals surface area contributed by atoms with Crippen molar-refractivity contribution >= 4 is 25.7 Å². The number of quaternary nitrogens is 1. The molecule has 0 aromatic rings. The van der Waals surface area contributed by atoms with Crippen molar-refractivity contribution in [2.75, 3.05) is 60.6 Å². The van der Waals surface area contributed by atoms with Crippen LogP contribution in [-0.4, -0.2) is 100 Å². The molecular weight excluding hydrogens is 701 g/mol. The van der Waals surface area contributed by atoms with Gasteiger partial charge in [0.05, 0.1) is 27.7 Å². The van der Waals surface area contributed by atoms with Crippen LogP contribution in [0.25, 0.3) is 0 Å². The topological polar surface area (TPSA) is 187 Å². The molecule has 0 aromatic carbocycles. The Morgan fingerprint density at radius 3 is 1.68 bits per heavy atom. The first-order valence-corrected chi connectivity index (χ1v) is 22.2. The van der Waals surface area contributed by atoms with Crippen molar-refractivity contribution in [1.82, 2.24) is 5.32 Å². The number of esters is 2. The number of nitrogens with zero attached hydrogens (tertiary/aromatic N) is 1. The van der Waals surface area contributed by atoms with E-state index in [1.165, 1.54) is 64.2 Å². The lowest BCUT2D eigenvalue weighted by atomic mass is 10.0. The van der Waals surface area contributed by atoms with Crippen LogP contribution in [0.3, 0.4) is 0 Å². The van der Waals surface area contributed by atoms with Crippen LogP contribution in [-0.2, 0) is 37.5 Å². The summed E-state index contributed by atoms with van der Waals surface area (Å²) < 4.78 is 33.7. The Labute approximate surface area is 322 Å². The number of phosphoric acid groups is 1. The molecule has 0 bridgehead atoms. The molecule has 0 aliphatic heterocycles. The van der Waals surface area contributed by atoms with Gasteiger partial charge in [-0.1, -0.05) is 116 Å². The maximum atomic E-state index is 12.6. The minimum atomic E-state index is -4.64. The molecule has 53 heavy (non-hydrogen) atoms. The van der Waals surface area contributed by atoms with E-state index in [4.69, 9.17) is 29.4 Å². The number of ether oxygens (including phenoxy) is 2. The average molecular weight is 780 g/mol. The molecule has 0 heterocycles. The fraction of sp³-hybridized carbons (Fsp3) is 0.923. The summed E-state index contributed by atoms with van der Waals surface area (Å²) in [6.45, 7) is 3.61. The van der Waals surface area contributed by atoms with Crippen molar-refractivity contribution in [3.63, 3.8) is 0 Å². The Kier molecular flexibility index (Phi) is 32.7. The Balaban J connectivity index is 4.35. The molecule has 0 aliphatic rings. The zero-order chi connectivity index (χ0) is 39.6. The highest BCUT2D eigenvalue weighted by molar-refractivity contribution is 7.45. The molecular formula is C39H78N3O10P. The van der Waals surface area contributed by atoms with Gasteiger partial charge in [-0.05, 0) is 45.2 Å². The molecule has 0 aromatic heterocycles. The summed E-state index contributed by atoms with van der Waals surface area (Å²) >= 11 is 0. The second kappa shape index (κ2) is 33.7. The third-order valence-electron chi connectivity index (χ3n) is 9.06. The minimum Gasteiger partial charge on any atom is -0.756 e. The van der Waals surface area contributed by atoms with Crippen LogP contribution in [0, 0.1) is 0 Å². The number of carbonyl (C=O) groups is 3. The van der Waals surface area contributed by atoms with E-state index in [0.29, 0.717) is 23.9 Å². The molecule has 0 saturated heterocycles. The largest absolute Gasteiger partial charge is 0.756 e. The standard InChI is InChI=1S/C39H78N3O10P/c1-5-6-7-8-9-10-11-12-13-14-15-18-21-27-37(43)49-33-35(34-51-53(47,48)50-32-31-42(2,3)4)52-38(44)28-22-19-16-17-20-24-29-41-30-25-23-26-36(40)39(45)46/h35-36,41H,5-34,40H2,1-4H3,(H-,45,46,47,48)/t35-,36?/m1/s1. The number of carboxylic acid groups (broad SMARTS) is 1. The fourth-order valence-corrected chi connectivity index (χ4v) is 6.36. The van der Waals surface area contributed by atoms with Gasteiger partial charge in [-0.3, -0.25) is 18.9 Å². The molecule has 0 spiro atoms. The number of likely N-dealkylation sites (N-methyl/N-ethyl adjacent to an activating group) is 1. The lowest BCUT2D eigenvalue weighted by molar-refractivity contribution is -0.870. The monoisotopic (exact) mass is 780 g/mol. The van der Waals surface area contributed by atoms with Crippen LogP contribution in [0.15, 0.2) is 0 Å².